The van der Waals surface area contributed by atoms with Crippen LogP contribution >= 0.6 is 11.3 Å². The highest BCUT2D eigenvalue weighted by Crippen LogP contribution is 2.34. The molecule has 1 unspecified atom stereocenters. The van der Waals surface area contributed by atoms with Gasteiger partial charge >= 0.3 is 5.97 Å². The molecule has 0 spiro atoms. The van der Waals surface area contributed by atoms with Crippen LogP contribution in [0.2, 0.25) is 0 Å². The van der Waals surface area contributed by atoms with Crippen molar-refractivity contribution in [2.45, 2.75) is 19.3 Å². The minimum atomic E-state index is -0.443. The molecule has 1 amide bonds. The Bertz CT molecular complexity index is 1280. The largest absolute Gasteiger partial charge is 0.465 e. The number of nitrogens with zero attached hydrogens (tertiary/aromatic N) is 1. The Labute approximate surface area is 184 Å². The van der Waals surface area contributed by atoms with Gasteiger partial charge in [-0.15, -0.1) is 11.3 Å². The molecule has 2 aromatic carbocycles. The van der Waals surface area contributed by atoms with E-state index in [1.807, 2.05) is 41.8 Å². The number of pyridine rings is 1. The predicted molar refractivity (Wildman–Crippen MR) is 123 cm³/mol. The fraction of sp³-hybridized carbons (Fsp3) is 0.160. The van der Waals surface area contributed by atoms with Crippen LogP contribution < -0.4 is 5.73 Å². The van der Waals surface area contributed by atoms with E-state index in [9.17, 15) is 9.59 Å². The van der Waals surface area contributed by atoms with E-state index >= 15 is 0 Å². The molecule has 0 aliphatic heterocycles. The molecule has 31 heavy (non-hydrogen) atoms. The highest BCUT2D eigenvalue weighted by atomic mass is 32.1. The number of hydrogen-bond donors (Lipinski definition) is 1. The number of carbonyl (C=O) groups excluding carboxylic acids is 2. The summed E-state index contributed by atoms with van der Waals surface area (Å²) in [5, 5.41) is 3.91. The van der Waals surface area contributed by atoms with E-state index in [-0.39, 0.29) is 11.9 Å². The molecule has 0 bridgehead atoms. The lowest BCUT2D eigenvalue weighted by molar-refractivity contribution is 0.0606. The van der Waals surface area contributed by atoms with E-state index in [1.165, 1.54) is 18.4 Å². The minimum absolute atomic E-state index is 0.0850. The van der Waals surface area contributed by atoms with Crippen molar-refractivity contribution in [2.24, 2.45) is 5.73 Å². The van der Waals surface area contributed by atoms with Crippen molar-refractivity contribution in [3.05, 3.63) is 87.9 Å². The highest BCUT2D eigenvalue weighted by molar-refractivity contribution is 7.12. The zero-order chi connectivity index (χ0) is 22.0. The first-order chi connectivity index (χ1) is 15.0. The molecule has 2 heterocycles. The van der Waals surface area contributed by atoms with Crippen LogP contribution in [0.5, 0.6) is 0 Å². The third-order valence-corrected chi connectivity index (χ3v) is 6.34. The van der Waals surface area contributed by atoms with E-state index in [1.54, 1.807) is 12.3 Å². The number of carbonyl (C=O) groups is 2. The van der Waals surface area contributed by atoms with Gasteiger partial charge in [-0.25, -0.2) is 4.79 Å². The molecule has 1 atom stereocenters. The molecule has 156 valence electrons. The Kier molecular flexibility index (Phi) is 5.82. The lowest BCUT2D eigenvalue weighted by Gasteiger charge is -2.18. The van der Waals surface area contributed by atoms with Crippen LogP contribution in [0.4, 0.5) is 0 Å². The third-order valence-electron chi connectivity index (χ3n) is 5.43. The molecule has 5 nitrogen and oxygen atoms in total. The van der Waals surface area contributed by atoms with Gasteiger partial charge in [-0.2, -0.15) is 0 Å². The van der Waals surface area contributed by atoms with Gasteiger partial charge in [0.05, 0.1) is 12.8 Å². The van der Waals surface area contributed by atoms with Crippen molar-refractivity contribution >= 4 is 34.0 Å². The van der Waals surface area contributed by atoms with Crippen LogP contribution in [-0.4, -0.2) is 24.0 Å². The van der Waals surface area contributed by atoms with Crippen molar-refractivity contribution in [3.8, 4) is 11.1 Å². The quantitative estimate of drug-likeness (QED) is 0.416. The lowest BCUT2D eigenvalue weighted by atomic mass is 9.88. The van der Waals surface area contributed by atoms with Crippen LogP contribution in [0.1, 0.15) is 50.5 Å². The van der Waals surface area contributed by atoms with Crippen molar-refractivity contribution in [1.29, 1.82) is 0 Å². The lowest BCUT2D eigenvalue weighted by Crippen LogP contribution is -2.11. The molecule has 0 fully saturated rings. The minimum Gasteiger partial charge on any atom is -0.465 e. The number of methoxy groups -OCH3 is 1. The summed E-state index contributed by atoms with van der Waals surface area (Å²) in [5.74, 6) is -0.682. The van der Waals surface area contributed by atoms with E-state index in [0.29, 0.717) is 10.4 Å². The first kappa shape index (κ1) is 20.8. The zero-order valence-corrected chi connectivity index (χ0v) is 18.1. The second-order valence-corrected chi connectivity index (χ2v) is 8.19. The second kappa shape index (κ2) is 8.70. The van der Waals surface area contributed by atoms with Crippen LogP contribution in [0.3, 0.4) is 0 Å². The SMILES string of the molecule is CCC(c1cccc(-c2csc(C(=O)OC)c2)c1)c1nccc2cc(C(N)=O)ccc12. The van der Waals surface area contributed by atoms with Gasteiger partial charge in [-0.05, 0) is 58.1 Å². The number of primary amides is 1. The molecule has 4 aromatic rings. The predicted octanol–water partition coefficient (Wildman–Crippen LogP) is 5.39. The maximum absolute atomic E-state index is 11.8. The maximum Gasteiger partial charge on any atom is 0.348 e. The first-order valence-corrected chi connectivity index (χ1v) is 10.9. The fourth-order valence-corrected chi connectivity index (χ4v) is 4.68. The summed E-state index contributed by atoms with van der Waals surface area (Å²) in [7, 11) is 1.39. The van der Waals surface area contributed by atoms with Gasteiger partial charge in [-0.1, -0.05) is 37.3 Å². The Morgan fingerprint density at radius 1 is 1.10 bits per heavy atom. The second-order valence-electron chi connectivity index (χ2n) is 7.27. The summed E-state index contributed by atoms with van der Waals surface area (Å²) in [4.78, 5) is 28.6. The number of benzene rings is 2. The van der Waals surface area contributed by atoms with Crippen molar-refractivity contribution in [3.63, 3.8) is 0 Å². The van der Waals surface area contributed by atoms with Gasteiger partial charge in [0.15, 0.2) is 0 Å². The topological polar surface area (TPSA) is 82.3 Å². The number of amides is 1. The van der Waals surface area contributed by atoms with Gasteiger partial charge in [0.25, 0.3) is 0 Å². The summed E-state index contributed by atoms with van der Waals surface area (Å²) in [5.41, 5.74) is 10.1. The average Bonchev–Trinajstić information content (AvgIpc) is 3.29. The van der Waals surface area contributed by atoms with Gasteiger partial charge < -0.3 is 10.5 Å². The molecule has 6 heteroatoms. The Morgan fingerprint density at radius 2 is 1.94 bits per heavy atom. The fourth-order valence-electron chi connectivity index (χ4n) is 3.85. The molecule has 0 aliphatic rings. The molecule has 0 saturated carbocycles. The summed E-state index contributed by atoms with van der Waals surface area (Å²) in [6.45, 7) is 2.13. The Balaban J connectivity index is 1.75. The summed E-state index contributed by atoms with van der Waals surface area (Å²) in [6.07, 6.45) is 2.64. The van der Waals surface area contributed by atoms with E-state index < -0.39 is 5.91 Å². The Morgan fingerprint density at radius 3 is 2.68 bits per heavy atom. The molecule has 2 aromatic heterocycles. The standard InChI is InChI=1S/C25H22N2O3S/c1-3-20(23-21-8-7-18(24(26)28)12-17(21)9-10-27-23)16-6-4-5-15(11-16)19-13-22(31-14-19)25(29)30-2/h4-14,20H,3H2,1-2H3,(H2,26,28). The number of aromatic nitrogens is 1. The van der Waals surface area contributed by atoms with Crippen LogP contribution in [0.25, 0.3) is 21.9 Å². The first-order valence-electron chi connectivity index (χ1n) is 9.97. The summed E-state index contributed by atoms with van der Waals surface area (Å²) in [6, 6.07) is 17.6. The molecule has 4 rings (SSSR count). The van der Waals surface area contributed by atoms with Gasteiger partial charge in [-0.3, -0.25) is 9.78 Å². The van der Waals surface area contributed by atoms with Crippen molar-refractivity contribution < 1.29 is 14.3 Å². The Hall–Kier alpha value is -3.51. The van der Waals surface area contributed by atoms with Crippen molar-refractivity contribution in [1.82, 2.24) is 4.98 Å². The molecular weight excluding hydrogens is 408 g/mol. The van der Waals surface area contributed by atoms with E-state index in [0.717, 1.165) is 39.6 Å². The molecule has 0 radical (unpaired) electrons. The average molecular weight is 431 g/mol. The van der Waals surface area contributed by atoms with Crippen LogP contribution in [-0.2, 0) is 4.74 Å². The number of hydrogen-bond acceptors (Lipinski definition) is 5. The number of fused-ring (bicyclic) bond motifs is 1. The van der Waals surface area contributed by atoms with Gasteiger partial charge in [0, 0.05) is 23.1 Å². The van der Waals surface area contributed by atoms with Crippen LogP contribution in [0.15, 0.2) is 66.2 Å². The maximum atomic E-state index is 11.8. The van der Waals surface area contributed by atoms with Crippen LogP contribution in [0, 0.1) is 0 Å². The van der Waals surface area contributed by atoms with E-state index in [2.05, 4.69) is 19.1 Å². The number of rotatable bonds is 6. The monoisotopic (exact) mass is 430 g/mol. The van der Waals surface area contributed by atoms with Gasteiger partial charge in [0.1, 0.15) is 4.88 Å². The normalized spacial score (nSPS) is 11.9. The number of thiophene rings is 1. The van der Waals surface area contributed by atoms with E-state index in [4.69, 9.17) is 15.5 Å². The molecule has 2 N–H and O–H groups in total. The summed E-state index contributed by atoms with van der Waals surface area (Å²) < 4.78 is 4.82. The molecular formula is C25H22N2O3S. The smallest absolute Gasteiger partial charge is 0.348 e. The number of ether oxygens (including phenoxy) is 1. The molecule has 0 aliphatic carbocycles. The van der Waals surface area contributed by atoms with Crippen molar-refractivity contribution in [2.75, 3.05) is 7.11 Å². The highest BCUT2D eigenvalue weighted by Gasteiger charge is 2.18. The summed E-state index contributed by atoms with van der Waals surface area (Å²) >= 11 is 1.37. The third kappa shape index (κ3) is 4.07. The number of esters is 1. The number of nitrogens with two attached hydrogens (primary N) is 1. The molecule has 0 saturated heterocycles. The zero-order valence-electron chi connectivity index (χ0n) is 17.3. The van der Waals surface area contributed by atoms with Gasteiger partial charge in [0.2, 0.25) is 5.91 Å².